The largest absolute Gasteiger partial charge is 0.370 e. The average molecular weight is 417 g/mol. The molecule has 31 heavy (non-hydrogen) atoms. The van der Waals surface area contributed by atoms with E-state index in [1.54, 1.807) is 6.08 Å². The standard InChI is InChI=1S/C26H32N4O/c1-4-18-11-10-14-20(15-18)26(31)29-23-16-21-22(17-24(23)30(5-2)6-3)28-25(27-21)19-12-8-7-9-13-19/h4,10-11,14-17,19H,1,5-9,12-13H2,2-3H3,(H,27,28)(H,29,31). The summed E-state index contributed by atoms with van der Waals surface area (Å²) in [6, 6.07) is 11.7. The van der Waals surface area contributed by atoms with Gasteiger partial charge in [0.15, 0.2) is 0 Å². The van der Waals surface area contributed by atoms with Crippen molar-refractivity contribution in [3.05, 3.63) is 59.9 Å². The predicted molar refractivity (Wildman–Crippen MR) is 130 cm³/mol. The fourth-order valence-corrected chi connectivity index (χ4v) is 4.56. The number of carbonyl (C=O) groups is 1. The molecule has 1 amide bonds. The Balaban J connectivity index is 1.71. The minimum absolute atomic E-state index is 0.122. The average Bonchev–Trinajstić information content (AvgIpc) is 3.23. The van der Waals surface area contributed by atoms with Crippen molar-refractivity contribution in [1.82, 2.24) is 9.97 Å². The van der Waals surface area contributed by atoms with Crippen LogP contribution in [0.2, 0.25) is 0 Å². The van der Waals surface area contributed by atoms with Crippen molar-refractivity contribution in [2.75, 3.05) is 23.3 Å². The van der Waals surface area contributed by atoms with E-state index < -0.39 is 0 Å². The highest BCUT2D eigenvalue weighted by atomic mass is 16.1. The highest BCUT2D eigenvalue weighted by Crippen LogP contribution is 2.35. The summed E-state index contributed by atoms with van der Waals surface area (Å²) in [5.74, 6) is 1.48. The molecule has 3 aromatic rings. The van der Waals surface area contributed by atoms with Crippen LogP contribution in [0.3, 0.4) is 0 Å². The summed E-state index contributed by atoms with van der Waals surface area (Å²) >= 11 is 0. The predicted octanol–water partition coefficient (Wildman–Crippen LogP) is 6.35. The van der Waals surface area contributed by atoms with Gasteiger partial charge in [-0.15, -0.1) is 0 Å². The van der Waals surface area contributed by atoms with Crippen LogP contribution in [-0.2, 0) is 0 Å². The lowest BCUT2D eigenvalue weighted by atomic mass is 9.89. The van der Waals surface area contributed by atoms with Gasteiger partial charge in [0.25, 0.3) is 5.91 Å². The molecular weight excluding hydrogens is 384 g/mol. The van der Waals surface area contributed by atoms with Gasteiger partial charge in [-0.1, -0.05) is 44.1 Å². The molecule has 0 atom stereocenters. The van der Waals surface area contributed by atoms with Gasteiger partial charge in [-0.25, -0.2) is 4.98 Å². The lowest BCUT2D eigenvalue weighted by molar-refractivity contribution is 0.102. The van der Waals surface area contributed by atoms with Crippen LogP contribution in [0.15, 0.2) is 43.0 Å². The summed E-state index contributed by atoms with van der Waals surface area (Å²) in [6.45, 7) is 9.78. The Kier molecular flexibility index (Phi) is 6.40. The Labute approximate surface area is 184 Å². The second kappa shape index (κ2) is 9.38. The fourth-order valence-electron chi connectivity index (χ4n) is 4.56. The lowest BCUT2D eigenvalue weighted by Gasteiger charge is -2.24. The first-order chi connectivity index (χ1) is 15.1. The molecule has 1 heterocycles. The summed E-state index contributed by atoms with van der Waals surface area (Å²) in [7, 11) is 0. The third kappa shape index (κ3) is 4.50. The van der Waals surface area contributed by atoms with Crippen LogP contribution in [0.5, 0.6) is 0 Å². The highest BCUT2D eigenvalue weighted by molar-refractivity contribution is 6.07. The minimum atomic E-state index is -0.122. The van der Waals surface area contributed by atoms with Crippen molar-refractivity contribution in [1.29, 1.82) is 0 Å². The highest BCUT2D eigenvalue weighted by Gasteiger charge is 2.21. The molecule has 0 saturated heterocycles. The number of hydrogen-bond acceptors (Lipinski definition) is 3. The van der Waals surface area contributed by atoms with E-state index in [1.807, 2.05) is 30.3 Å². The summed E-state index contributed by atoms with van der Waals surface area (Å²) < 4.78 is 0. The number of H-pyrrole nitrogens is 1. The number of hydrogen-bond donors (Lipinski definition) is 2. The van der Waals surface area contributed by atoms with Crippen molar-refractivity contribution in [3.8, 4) is 0 Å². The maximum Gasteiger partial charge on any atom is 0.255 e. The van der Waals surface area contributed by atoms with Crippen molar-refractivity contribution in [2.45, 2.75) is 51.9 Å². The molecule has 5 heteroatoms. The molecule has 2 aromatic carbocycles. The van der Waals surface area contributed by atoms with E-state index >= 15 is 0 Å². The van der Waals surface area contributed by atoms with E-state index in [4.69, 9.17) is 4.98 Å². The molecule has 1 aromatic heterocycles. The Morgan fingerprint density at radius 3 is 2.68 bits per heavy atom. The zero-order valence-corrected chi connectivity index (χ0v) is 18.6. The molecule has 0 aliphatic heterocycles. The number of benzene rings is 2. The molecule has 162 valence electrons. The number of nitrogens with zero attached hydrogens (tertiary/aromatic N) is 2. The Hall–Kier alpha value is -3.08. The number of amides is 1. The number of nitrogens with one attached hydrogen (secondary N) is 2. The van der Waals surface area contributed by atoms with E-state index in [9.17, 15) is 4.79 Å². The van der Waals surface area contributed by atoms with Gasteiger partial charge >= 0.3 is 0 Å². The zero-order chi connectivity index (χ0) is 21.8. The van der Waals surface area contributed by atoms with Crippen molar-refractivity contribution in [3.63, 3.8) is 0 Å². The number of aromatic nitrogens is 2. The van der Waals surface area contributed by atoms with Crippen molar-refractivity contribution < 1.29 is 4.79 Å². The maximum absolute atomic E-state index is 13.0. The first-order valence-corrected chi connectivity index (χ1v) is 11.4. The summed E-state index contributed by atoms with van der Waals surface area (Å²) in [5.41, 5.74) is 5.31. The Morgan fingerprint density at radius 2 is 1.97 bits per heavy atom. The monoisotopic (exact) mass is 416 g/mol. The first kappa shape index (κ1) is 21.2. The van der Waals surface area contributed by atoms with Crippen LogP contribution >= 0.6 is 0 Å². The Morgan fingerprint density at radius 1 is 1.19 bits per heavy atom. The smallest absolute Gasteiger partial charge is 0.255 e. The minimum Gasteiger partial charge on any atom is -0.370 e. The second-order valence-corrected chi connectivity index (χ2v) is 8.30. The van der Waals surface area contributed by atoms with Gasteiger partial charge in [-0.05, 0) is 56.5 Å². The molecule has 0 spiro atoms. The SMILES string of the molecule is C=Cc1cccc(C(=O)Nc2cc3[nH]c(C4CCCCC4)nc3cc2N(CC)CC)c1. The van der Waals surface area contributed by atoms with Crippen LogP contribution < -0.4 is 10.2 Å². The molecule has 0 bridgehead atoms. The van der Waals surface area contributed by atoms with Gasteiger partial charge in [0, 0.05) is 24.6 Å². The third-order valence-electron chi connectivity index (χ3n) is 6.35. The van der Waals surface area contributed by atoms with E-state index in [0.717, 1.165) is 46.9 Å². The summed E-state index contributed by atoms with van der Waals surface area (Å²) in [6.07, 6.45) is 8.03. The Bertz CT molecular complexity index is 1070. The van der Waals surface area contributed by atoms with Gasteiger partial charge in [0.05, 0.1) is 22.4 Å². The quantitative estimate of drug-likeness (QED) is 0.471. The molecule has 1 saturated carbocycles. The first-order valence-electron chi connectivity index (χ1n) is 11.4. The lowest BCUT2D eigenvalue weighted by Crippen LogP contribution is -2.24. The van der Waals surface area contributed by atoms with Gasteiger partial charge < -0.3 is 15.2 Å². The molecule has 0 unspecified atom stereocenters. The summed E-state index contributed by atoms with van der Waals surface area (Å²) in [4.78, 5) is 23.8. The van der Waals surface area contributed by atoms with E-state index in [0.29, 0.717) is 11.5 Å². The van der Waals surface area contributed by atoms with Crippen LogP contribution in [0.25, 0.3) is 17.1 Å². The van der Waals surface area contributed by atoms with Gasteiger partial charge in [-0.2, -0.15) is 0 Å². The number of carbonyl (C=O) groups excluding carboxylic acids is 1. The topological polar surface area (TPSA) is 61.0 Å². The number of fused-ring (bicyclic) bond motifs is 1. The zero-order valence-electron chi connectivity index (χ0n) is 18.6. The molecule has 1 fully saturated rings. The van der Waals surface area contributed by atoms with Gasteiger partial charge in [0.2, 0.25) is 0 Å². The molecule has 1 aliphatic carbocycles. The third-order valence-corrected chi connectivity index (χ3v) is 6.35. The van der Waals surface area contributed by atoms with Gasteiger partial charge in [-0.3, -0.25) is 4.79 Å². The number of anilines is 2. The molecule has 5 nitrogen and oxygen atoms in total. The maximum atomic E-state index is 13.0. The molecule has 4 rings (SSSR count). The van der Waals surface area contributed by atoms with Crippen LogP contribution in [-0.4, -0.2) is 29.0 Å². The van der Waals surface area contributed by atoms with Crippen molar-refractivity contribution in [2.24, 2.45) is 0 Å². The number of imidazole rings is 1. The fraction of sp³-hybridized carbons (Fsp3) is 0.385. The van der Waals surface area contributed by atoms with E-state index in [1.165, 1.54) is 32.1 Å². The van der Waals surface area contributed by atoms with Gasteiger partial charge in [0.1, 0.15) is 5.82 Å². The molecule has 1 aliphatic rings. The van der Waals surface area contributed by atoms with E-state index in [2.05, 4.69) is 41.7 Å². The molecule has 2 N–H and O–H groups in total. The summed E-state index contributed by atoms with van der Waals surface area (Å²) in [5, 5.41) is 3.15. The number of aromatic amines is 1. The van der Waals surface area contributed by atoms with E-state index in [-0.39, 0.29) is 5.91 Å². The second-order valence-electron chi connectivity index (χ2n) is 8.30. The van der Waals surface area contributed by atoms with Crippen LogP contribution in [0, 0.1) is 0 Å². The number of rotatable bonds is 7. The van der Waals surface area contributed by atoms with Crippen LogP contribution in [0.1, 0.15) is 73.6 Å². The normalized spacial score (nSPS) is 14.5. The van der Waals surface area contributed by atoms with Crippen molar-refractivity contribution >= 4 is 34.4 Å². The van der Waals surface area contributed by atoms with Crippen LogP contribution in [0.4, 0.5) is 11.4 Å². The molecule has 0 radical (unpaired) electrons. The molecular formula is C26H32N4O.